The number of allylic oxidation sites excluding steroid dienone is 1. The average molecular weight is 435 g/mol. The molecular weight excluding hydrogens is 421 g/mol. The molecule has 30 heavy (non-hydrogen) atoms. The van der Waals surface area contributed by atoms with E-state index in [2.05, 4.69) is 25.7 Å². The normalized spacial score (nSPS) is 16.1. The van der Waals surface area contributed by atoms with E-state index in [0.717, 1.165) is 4.68 Å². The second-order valence-electron chi connectivity index (χ2n) is 6.51. The number of rotatable bonds is 3. The van der Waals surface area contributed by atoms with E-state index >= 15 is 0 Å². The molecule has 1 atom stereocenters. The molecule has 0 fully saturated rings. The lowest BCUT2D eigenvalue weighted by atomic mass is 9.96. The Balaban J connectivity index is 1.78. The molecule has 4 rings (SSSR count). The van der Waals surface area contributed by atoms with Gasteiger partial charge >= 0.3 is 6.18 Å². The summed E-state index contributed by atoms with van der Waals surface area (Å²) in [4.78, 5) is 20.6. The third-order valence-corrected chi connectivity index (χ3v) is 4.73. The number of hydrogen-bond acceptors (Lipinski definition) is 5. The lowest BCUT2D eigenvalue weighted by Gasteiger charge is -2.28. The number of alkyl halides is 3. The molecule has 1 aliphatic heterocycles. The fraction of sp³-hybridized carbons (Fsp3) is 0.158. The molecule has 3 aromatic rings. The molecule has 7 nitrogen and oxygen atoms in total. The second-order valence-corrected chi connectivity index (χ2v) is 6.95. The number of halogens is 4. The van der Waals surface area contributed by atoms with E-state index < -0.39 is 23.9 Å². The lowest BCUT2D eigenvalue weighted by molar-refractivity contribution is -0.145. The van der Waals surface area contributed by atoms with Gasteiger partial charge in [-0.1, -0.05) is 11.6 Å². The van der Waals surface area contributed by atoms with Crippen molar-refractivity contribution in [1.29, 1.82) is 0 Å². The van der Waals surface area contributed by atoms with Crippen LogP contribution in [0.3, 0.4) is 0 Å². The summed E-state index contributed by atoms with van der Waals surface area (Å²) in [6.07, 6.45) is -1.75. The monoisotopic (exact) mass is 434 g/mol. The smallest absolute Gasteiger partial charge is 0.328 e. The molecule has 1 aromatic carbocycles. The number of anilines is 2. The Morgan fingerprint density at radius 2 is 1.83 bits per heavy atom. The molecule has 0 saturated heterocycles. The number of fused-ring (bicyclic) bond motifs is 1. The fourth-order valence-corrected chi connectivity index (χ4v) is 3.28. The number of amides is 1. The SMILES string of the molecule is CC1=C(C(=O)Nc2ccc(Cl)cc2)[C@H](c2ccncc2)n2nc(C(F)(F)F)nc2N1. The van der Waals surface area contributed by atoms with Gasteiger partial charge in [0.15, 0.2) is 0 Å². The van der Waals surface area contributed by atoms with Gasteiger partial charge in [-0.2, -0.15) is 18.2 Å². The van der Waals surface area contributed by atoms with Crippen LogP contribution < -0.4 is 10.6 Å². The number of pyridine rings is 1. The van der Waals surface area contributed by atoms with Crippen molar-refractivity contribution >= 4 is 29.1 Å². The van der Waals surface area contributed by atoms with Gasteiger partial charge in [0.1, 0.15) is 6.04 Å². The molecule has 0 aliphatic carbocycles. The van der Waals surface area contributed by atoms with Gasteiger partial charge in [-0.05, 0) is 48.9 Å². The first-order valence-corrected chi connectivity index (χ1v) is 9.10. The van der Waals surface area contributed by atoms with Crippen molar-refractivity contribution in [1.82, 2.24) is 19.7 Å². The number of aromatic nitrogens is 4. The van der Waals surface area contributed by atoms with Crippen molar-refractivity contribution in [3.8, 4) is 0 Å². The molecule has 2 N–H and O–H groups in total. The van der Waals surface area contributed by atoms with E-state index in [-0.39, 0.29) is 11.5 Å². The summed E-state index contributed by atoms with van der Waals surface area (Å²) in [6.45, 7) is 1.59. The van der Waals surface area contributed by atoms with E-state index in [9.17, 15) is 18.0 Å². The summed E-state index contributed by atoms with van der Waals surface area (Å²) in [5, 5.41) is 9.63. The number of hydrogen-bond donors (Lipinski definition) is 2. The van der Waals surface area contributed by atoms with Crippen LogP contribution in [-0.2, 0) is 11.0 Å². The van der Waals surface area contributed by atoms with Crippen molar-refractivity contribution in [3.63, 3.8) is 0 Å². The number of benzene rings is 1. The Kier molecular flexibility index (Phi) is 4.94. The highest BCUT2D eigenvalue weighted by molar-refractivity contribution is 6.30. The summed E-state index contributed by atoms with van der Waals surface area (Å²) in [5.41, 5.74) is 1.57. The number of nitrogens with zero attached hydrogens (tertiary/aromatic N) is 4. The van der Waals surface area contributed by atoms with Crippen LogP contribution in [0.4, 0.5) is 24.8 Å². The van der Waals surface area contributed by atoms with E-state index in [0.29, 0.717) is 22.0 Å². The fourth-order valence-electron chi connectivity index (χ4n) is 3.15. The maximum absolute atomic E-state index is 13.2. The predicted octanol–water partition coefficient (Wildman–Crippen LogP) is 4.27. The molecule has 11 heteroatoms. The molecule has 1 aliphatic rings. The largest absolute Gasteiger partial charge is 0.453 e. The van der Waals surface area contributed by atoms with E-state index in [1.165, 1.54) is 12.4 Å². The summed E-state index contributed by atoms with van der Waals surface area (Å²) in [5.74, 6) is -1.90. The van der Waals surface area contributed by atoms with Crippen LogP contribution in [0.2, 0.25) is 5.02 Å². The van der Waals surface area contributed by atoms with E-state index in [1.807, 2.05) is 0 Å². The molecule has 0 saturated carbocycles. The molecule has 0 bridgehead atoms. The molecule has 0 spiro atoms. The minimum Gasteiger partial charge on any atom is -0.328 e. The zero-order valence-corrected chi connectivity index (χ0v) is 16.2. The Morgan fingerprint density at radius 1 is 1.17 bits per heavy atom. The van der Waals surface area contributed by atoms with Crippen molar-refractivity contribution in [2.75, 3.05) is 10.6 Å². The molecule has 0 radical (unpaired) electrons. The molecular formula is C19H14ClF3N6O. The van der Waals surface area contributed by atoms with Crippen molar-refractivity contribution in [2.24, 2.45) is 0 Å². The van der Waals surface area contributed by atoms with E-state index in [4.69, 9.17) is 11.6 Å². The highest BCUT2D eigenvalue weighted by Crippen LogP contribution is 2.37. The molecule has 1 amide bonds. The molecule has 154 valence electrons. The molecule has 0 unspecified atom stereocenters. The van der Waals surface area contributed by atoms with Crippen LogP contribution in [0.5, 0.6) is 0 Å². The zero-order valence-electron chi connectivity index (χ0n) is 15.4. The van der Waals surface area contributed by atoms with Gasteiger partial charge in [-0.25, -0.2) is 4.68 Å². The Hall–Kier alpha value is -3.40. The Morgan fingerprint density at radius 3 is 2.47 bits per heavy atom. The quantitative estimate of drug-likeness (QED) is 0.643. The van der Waals surface area contributed by atoms with Crippen LogP contribution in [0.1, 0.15) is 24.4 Å². The first kappa shape index (κ1) is 19.9. The van der Waals surface area contributed by atoms with Crippen molar-refractivity contribution in [2.45, 2.75) is 19.1 Å². The summed E-state index contributed by atoms with van der Waals surface area (Å²) in [7, 11) is 0. The molecule has 3 heterocycles. The Labute approximate surface area is 173 Å². The van der Waals surface area contributed by atoms with Crippen LogP contribution in [0.15, 0.2) is 60.1 Å². The predicted molar refractivity (Wildman–Crippen MR) is 104 cm³/mol. The average Bonchev–Trinajstić information content (AvgIpc) is 3.13. The van der Waals surface area contributed by atoms with Crippen LogP contribution >= 0.6 is 11.6 Å². The van der Waals surface area contributed by atoms with Crippen molar-refractivity contribution in [3.05, 3.63) is 76.5 Å². The number of carbonyl (C=O) groups is 1. The zero-order chi connectivity index (χ0) is 21.5. The van der Waals surface area contributed by atoms with Crippen LogP contribution in [0.25, 0.3) is 0 Å². The summed E-state index contributed by atoms with van der Waals surface area (Å²) in [6, 6.07) is 8.76. The Bertz CT molecular complexity index is 1130. The highest BCUT2D eigenvalue weighted by Gasteiger charge is 2.41. The van der Waals surface area contributed by atoms with Gasteiger partial charge in [-0.3, -0.25) is 9.78 Å². The summed E-state index contributed by atoms with van der Waals surface area (Å²) < 4.78 is 40.6. The maximum Gasteiger partial charge on any atom is 0.453 e. The first-order chi connectivity index (χ1) is 14.2. The first-order valence-electron chi connectivity index (χ1n) is 8.72. The minimum atomic E-state index is -4.73. The molecule has 2 aromatic heterocycles. The second kappa shape index (κ2) is 7.45. The van der Waals surface area contributed by atoms with Gasteiger partial charge < -0.3 is 10.6 Å². The van der Waals surface area contributed by atoms with Gasteiger partial charge in [-0.15, -0.1) is 5.10 Å². The number of carbonyl (C=O) groups excluding carboxylic acids is 1. The van der Waals surface area contributed by atoms with Crippen LogP contribution in [-0.4, -0.2) is 25.7 Å². The third kappa shape index (κ3) is 3.73. The standard InChI is InChI=1S/C19H14ClF3N6O/c1-10-14(16(30)26-13-4-2-12(20)3-5-13)15(11-6-8-24-9-7-11)29-18(25-10)27-17(28-29)19(21,22)23/h2-9,15H,1H3,(H,26,30)(H,25,27,28)/t15-/m0/s1. The van der Waals surface area contributed by atoms with Gasteiger partial charge in [0, 0.05) is 28.8 Å². The topological polar surface area (TPSA) is 84.7 Å². The summed E-state index contributed by atoms with van der Waals surface area (Å²) >= 11 is 5.87. The van der Waals surface area contributed by atoms with Crippen LogP contribution in [0, 0.1) is 0 Å². The highest BCUT2D eigenvalue weighted by atomic mass is 35.5. The lowest BCUT2D eigenvalue weighted by Crippen LogP contribution is -2.31. The van der Waals surface area contributed by atoms with Gasteiger partial charge in [0.25, 0.3) is 11.7 Å². The third-order valence-electron chi connectivity index (χ3n) is 4.47. The van der Waals surface area contributed by atoms with Gasteiger partial charge in [0.05, 0.1) is 5.57 Å². The van der Waals surface area contributed by atoms with Crippen molar-refractivity contribution < 1.29 is 18.0 Å². The van der Waals surface area contributed by atoms with E-state index in [1.54, 1.807) is 43.3 Å². The minimum absolute atomic E-state index is 0.107. The number of nitrogens with one attached hydrogen (secondary N) is 2. The maximum atomic E-state index is 13.2. The van der Waals surface area contributed by atoms with Gasteiger partial charge in [0.2, 0.25) is 5.95 Å².